The summed E-state index contributed by atoms with van der Waals surface area (Å²) < 4.78 is 0. The standard InChI is InChI=1S/C42H61N11O14S/c43-16-2-1-4-27(48-35(60)26(44)21-68)36(61)50-29(14-15-33(56)57)38(63)52-31(20-34(58)59)40(65)51-30(18-22-6-10-24(54)11-7-22)39(64)49-28(5-3-17-47-42(45)46)37(62)53-32(41(66)67)19-23-8-12-25(55)13-9-23/h6-13,26-32,54-55,68H,1-5,14-21,43-44H2,(H,48,60)(H,49,64)(H,50,61)(H,51,65)(H,52,63)(H,53,62)(H,56,57)(H,58,59)(H,66,67)(H4,45,46,47)/t26-,27-,28-,29-,30-,31-,32-/m0/s1. The molecular weight excluding hydrogens is 915 g/mol. The molecule has 0 saturated carbocycles. The number of hydrogen-bond acceptors (Lipinski definition) is 15. The van der Waals surface area contributed by atoms with Gasteiger partial charge in [0, 0.05) is 31.6 Å². The third-order valence-corrected chi connectivity index (χ3v) is 10.4. The van der Waals surface area contributed by atoms with Gasteiger partial charge in [-0.25, -0.2) is 4.79 Å². The topological polar surface area (TPSA) is 443 Å². The molecule has 0 radical (unpaired) electrons. The number of carboxylic acid groups (broad SMARTS) is 3. The van der Waals surface area contributed by atoms with E-state index in [1.54, 1.807) is 0 Å². The Kier molecular flexibility index (Phi) is 24.7. The van der Waals surface area contributed by atoms with Crippen LogP contribution in [0.5, 0.6) is 11.5 Å². The normalized spacial score (nSPS) is 13.9. The maximum absolute atomic E-state index is 14.2. The lowest BCUT2D eigenvalue weighted by molar-refractivity contribution is -0.142. The molecule has 0 aliphatic carbocycles. The van der Waals surface area contributed by atoms with Crippen LogP contribution in [-0.2, 0) is 56.0 Å². The fourth-order valence-electron chi connectivity index (χ4n) is 6.32. The zero-order chi connectivity index (χ0) is 50.9. The molecule has 25 nitrogen and oxygen atoms in total. The minimum atomic E-state index is -1.98. The van der Waals surface area contributed by atoms with E-state index in [1.165, 1.54) is 48.5 Å². The second kappa shape index (κ2) is 29.4. The summed E-state index contributed by atoms with van der Waals surface area (Å²) in [4.78, 5) is 122. The van der Waals surface area contributed by atoms with Gasteiger partial charge in [-0.3, -0.25) is 43.3 Å². The first-order chi connectivity index (χ1) is 32.1. The minimum Gasteiger partial charge on any atom is -0.508 e. The number of aromatic hydroxyl groups is 2. The van der Waals surface area contributed by atoms with Crippen molar-refractivity contribution in [3.63, 3.8) is 0 Å². The number of carbonyl (C=O) groups is 9. The molecule has 374 valence electrons. The van der Waals surface area contributed by atoms with Crippen molar-refractivity contribution in [1.82, 2.24) is 31.9 Å². The van der Waals surface area contributed by atoms with Gasteiger partial charge in [0.2, 0.25) is 35.4 Å². The average molecular weight is 976 g/mol. The summed E-state index contributed by atoms with van der Waals surface area (Å²) in [5, 5.41) is 63.0. The number of benzene rings is 2. The van der Waals surface area contributed by atoms with Crippen LogP contribution in [0.4, 0.5) is 0 Å². The number of aliphatic carboxylic acids is 3. The van der Waals surface area contributed by atoms with Gasteiger partial charge in [0.15, 0.2) is 5.96 Å². The van der Waals surface area contributed by atoms with Gasteiger partial charge in [-0.1, -0.05) is 24.3 Å². The van der Waals surface area contributed by atoms with Crippen molar-refractivity contribution in [1.29, 1.82) is 0 Å². The van der Waals surface area contributed by atoms with Crippen LogP contribution >= 0.6 is 12.6 Å². The number of hydrogen-bond donors (Lipinski definition) is 16. The van der Waals surface area contributed by atoms with Crippen LogP contribution in [0.3, 0.4) is 0 Å². The summed E-state index contributed by atoms with van der Waals surface area (Å²) in [7, 11) is 0. The van der Waals surface area contributed by atoms with E-state index >= 15 is 0 Å². The Morgan fingerprint density at radius 3 is 1.41 bits per heavy atom. The molecule has 26 heteroatoms. The van der Waals surface area contributed by atoms with E-state index in [4.69, 9.17) is 22.9 Å². The number of rotatable bonds is 31. The third-order valence-electron chi connectivity index (χ3n) is 9.98. The SMILES string of the molecule is NCCCC[C@H](NC(=O)[C@@H](N)CS)C(=O)N[C@@H](CCC(=O)O)C(=O)N[C@@H](CC(=O)O)C(=O)N[C@@H](Cc1ccc(O)cc1)C(=O)N[C@@H](CCCN=C(N)N)C(=O)N[C@@H](Cc1ccc(O)cc1)C(=O)O. The predicted molar refractivity (Wildman–Crippen MR) is 247 cm³/mol. The van der Waals surface area contributed by atoms with Crippen LogP contribution in [0.15, 0.2) is 53.5 Å². The van der Waals surface area contributed by atoms with Gasteiger partial charge in [-0.05, 0) is 80.5 Å². The van der Waals surface area contributed by atoms with Crippen LogP contribution < -0.4 is 54.8 Å². The molecule has 7 atom stereocenters. The molecule has 0 fully saturated rings. The Morgan fingerprint density at radius 2 is 0.956 bits per heavy atom. The number of phenolic OH excluding ortho intramolecular Hbond substituents is 2. The highest BCUT2D eigenvalue weighted by atomic mass is 32.1. The first-order valence-electron chi connectivity index (χ1n) is 21.3. The number of aliphatic imine (C=N–C) groups is 1. The predicted octanol–water partition coefficient (Wildman–Crippen LogP) is -3.34. The number of phenols is 2. The number of amides is 6. The Morgan fingerprint density at radius 1 is 0.544 bits per heavy atom. The summed E-state index contributed by atoms with van der Waals surface area (Å²) in [5.41, 5.74) is 22.9. The van der Waals surface area contributed by atoms with E-state index < -0.39 is 115 Å². The smallest absolute Gasteiger partial charge is 0.326 e. The van der Waals surface area contributed by atoms with Crippen molar-refractivity contribution < 1.29 is 68.7 Å². The fourth-order valence-corrected chi connectivity index (χ4v) is 6.49. The van der Waals surface area contributed by atoms with Crippen molar-refractivity contribution in [2.45, 2.75) is 107 Å². The van der Waals surface area contributed by atoms with Gasteiger partial charge in [-0.2, -0.15) is 12.6 Å². The lowest BCUT2D eigenvalue weighted by atomic mass is 10.0. The molecule has 2 aromatic carbocycles. The zero-order valence-corrected chi connectivity index (χ0v) is 37.9. The Labute approximate surface area is 396 Å². The number of guanidine groups is 1. The lowest BCUT2D eigenvalue weighted by Crippen LogP contribution is -2.60. The van der Waals surface area contributed by atoms with E-state index in [1.807, 2.05) is 0 Å². The van der Waals surface area contributed by atoms with Gasteiger partial charge >= 0.3 is 17.9 Å². The first kappa shape index (κ1) is 56.9. The fraction of sp³-hybridized carbons (Fsp3) is 0.476. The van der Waals surface area contributed by atoms with E-state index in [0.29, 0.717) is 24.0 Å². The number of nitrogens with zero attached hydrogens (tertiary/aromatic N) is 1. The maximum atomic E-state index is 14.2. The van der Waals surface area contributed by atoms with Crippen LogP contribution in [0.25, 0.3) is 0 Å². The molecule has 0 bridgehead atoms. The van der Waals surface area contributed by atoms with Gasteiger partial charge in [-0.15, -0.1) is 0 Å². The second-order valence-electron chi connectivity index (χ2n) is 15.5. The van der Waals surface area contributed by atoms with Crippen LogP contribution in [-0.4, -0.2) is 146 Å². The van der Waals surface area contributed by atoms with Crippen LogP contribution in [0.1, 0.15) is 62.5 Å². The molecule has 2 aromatic rings. The van der Waals surface area contributed by atoms with Gasteiger partial charge < -0.3 is 80.4 Å². The Bertz CT molecular complexity index is 2070. The highest BCUT2D eigenvalue weighted by molar-refractivity contribution is 7.80. The number of unbranched alkanes of at least 4 members (excludes halogenated alkanes) is 1. The second-order valence-corrected chi connectivity index (χ2v) is 15.9. The molecule has 0 aliphatic heterocycles. The van der Waals surface area contributed by atoms with Crippen LogP contribution in [0.2, 0.25) is 0 Å². The van der Waals surface area contributed by atoms with Gasteiger partial charge in [0.25, 0.3) is 0 Å². The molecule has 0 heterocycles. The van der Waals surface area contributed by atoms with Crippen molar-refractivity contribution >= 4 is 71.9 Å². The highest BCUT2D eigenvalue weighted by Gasteiger charge is 2.35. The number of nitrogens with two attached hydrogens (primary N) is 4. The van der Waals surface area contributed by atoms with Crippen LogP contribution in [0, 0.1) is 0 Å². The molecule has 6 amide bonds. The molecule has 0 unspecified atom stereocenters. The lowest BCUT2D eigenvalue weighted by Gasteiger charge is -2.27. The van der Waals surface area contributed by atoms with E-state index in [-0.39, 0.29) is 68.4 Å². The highest BCUT2D eigenvalue weighted by Crippen LogP contribution is 2.15. The quantitative estimate of drug-likeness (QED) is 0.0152. The summed E-state index contributed by atoms with van der Waals surface area (Å²) >= 11 is 3.98. The van der Waals surface area contributed by atoms with Crippen molar-refractivity contribution in [2.75, 3.05) is 18.8 Å². The summed E-state index contributed by atoms with van der Waals surface area (Å²) in [5.74, 6) is -11.2. The van der Waals surface area contributed by atoms with E-state index in [9.17, 15) is 68.7 Å². The molecular formula is C42H61N11O14S. The number of carboxylic acids is 3. The first-order valence-corrected chi connectivity index (χ1v) is 21.9. The van der Waals surface area contributed by atoms with E-state index in [0.717, 1.165) is 0 Å². The molecule has 0 saturated heterocycles. The summed E-state index contributed by atoms with van der Waals surface area (Å²) in [6.45, 7) is 0.225. The molecule has 2 rings (SSSR count). The minimum absolute atomic E-state index is 0.0224. The van der Waals surface area contributed by atoms with Gasteiger partial charge in [0.1, 0.15) is 47.8 Å². The number of carbonyl (C=O) groups excluding carboxylic acids is 6. The molecule has 0 aliphatic rings. The molecule has 0 aromatic heterocycles. The summed E-state index contributed by atoms with van der Waals surface area (Å²) in [6.07, 6.45) is -2.26. The van der Waals surface area contributed by atoms with E-state index in [2.05, 4.69) is 49.5 Å². The Hall–Kier alpha value is -7.19. The Balaban J connectivity index is 2.49. The zero-order valence-electron chi connectivity index (χ0n) is 37.0. The summed E-state index contributed by atoms with van der Waals surface area (Å²) in [6, 6.07) is 0.0761. The number of nitrogens with one attached hydrogen (secondary N) is 6. The molecule has 19 N–H and O–H groups in total. The largest absolute Gasteiger partial charge is 0.508 e. The maximum Gasteiger partial charge on any atom is 0.326 e. The monoisotopic (exact) mass is 975 g/mol. The average Bonchev–Trinajstić information content (AvgIpc) is 3.28. The van der Waals surface area contributed by atoms with Gasteiger partial charge in [0.05, 0.1) is 12.5 Å². The number of thiol groups is 1. The van der Waals surface area contributed by atoms with Crippen molar-refractivity contribution in [2.24, 2.45) is 27.9 Å². The molecule has 0 spiro atoms. The third kappa shape index (κ3) is 21.4. The van der Waals surface area contributed by atoms with Crippen molar-refractivity contribution in [3.8, 4) is 11.5 Å². The van der Waals surface area contributed by atoms with Crippen molar-refractivity contribution in [3.05, 3.63) is 59.7 Å². The molecule has 68 heavy (non-hydrogen) atoms.